The van der Waals surface area contributed by atoms with E-state index in [-0.39, 0.29) is 29.9 Å². The van der Waals surface area contributed by atoms with Crippen LogP contribution in [0.4, 0.5) is 0 Å². The number of likely N-dealkylation sites (tertiary alicyclic amines) is 1. The molecule has 0 bridgehead atoms. The maximum atomic E-state index is 12.7. The van der Waals surface area contributed by atoms with Crippen molar-refractivity contribution in [2.24, 2.45) is 10.9 Å². The van der Waals surface area contributed by atoms with Gasteiger partial charge in [0.15, 0.2) is 5.96 Å². The second-order valence-electron chi connectivity index (χ2n) is 6.86. The molecule has 1 saturated heterocycles. The van der Waals surface area contributed by atoms with Crippen molar-refractivity contribution in [3.05, 3.63) is 0 Å². The number of hydrogen-bond acceptors (Lipinski definition) is 3. The van der Waals surface area contributed by atoms with Crippen LogP contribution in [0.3, 0.4) is 0 Å². The minimum Gasteiger partial charge on any atom is -0.357 e. The molecule has 7 heteroatoms. The fourth-order valence-corrected chi connectivity index (χ4v) is 4.02. The average molecular weight is 482 g/mol. The molecule has 2 fully saturated rings. The Labute approximate surface area is 174 Å². The van der Waals surface area contributed by atoms with Gasteiger partial charge in [-0.3, -0.25) is 9.79 Å². The van der Waals surface area contributed by atoms with Crippen molar-refractivity contribution in [2.45, 2.75) is 57.9 Å². The largest absolute Gasteiger partial charge is 0.357 e. The molecule has 0 spiro atoms. The van der Waals surface area contributed by atoms with Gasteiger partial charge >= 0.3 is 0 Å². The highest BCUT2D eigenvalue weighted by Gasteiger charge is 2.31. The van der Waals surface area contributed by atoms with Gasteiger partial charge in [0.05, 0.1) is 0 Å². The van der Waals surface area contributed by atoms with Crippen molar-refractivity contribution in [3.8, 4) is 0 Å². The number of hydrogen-bond donors (Lipinski definition) is 2. The third-order valence-electron chi connectivity index (χ3n) is 4.92. The Kier molecular flexibility index (Phi) is 11.9. The lowest BCUT2D eigenvalue weighted by Crippen LogP contribution is -2.45. The normalized spacial score (nSPS) is 21.8. The van der Waals surface area contributed by atoms with E-state index in [4.69, 9.17) is 0 Å². The quantitative estimate of drug-likeness (QED) is 0.254. The molecule has 25 heavy (non-hydrogen) atoms. The molecule has 2 aliphatic rings. The maximum Gasteiger partial charge on any atom is 0.225 e. The van der Waals surface area contributed by atoms with E-state index < -0.39 is 0 Å². The van der Waals surface area contributed by atoms with Crippen LogP contribution in [0.25, 0.3) is 0 Å². The van der Waals surface area contributed by atoms with E-state index in [0.717, 1.165) is 63.6 Å². The molecule has 1 aliphatic carbocycles. The van der Waals surface area contributed by atoms with E-state index in [9.17, 15) is 4.79 Å². The zero-order chi connectivity index (χ0) is 17.2. The Balaban J connectivity index is 0.00000312. The molecule has 1 unspecified atom stereocenters. The van der Waals surface area contributed by atoms with Gasteiger partial charge in [-0.05, 0) is 44.6 Å². The first kappa shape index (κ1) is 22.9. The molecular formula is C18H35IN4OS. The molecule has 0 radical (unpaired) electrons. The van der Waals surface area contributed by atoms with Gasteiger partial charge in [0.25, 0.3) is 0 Å². The van der Waals surface area contributed by atoms with Gasteiger partial charge in [-0.25, -0.2) is 0 Å². The summed E-state index contributed by atoms with van der Waals surface area (Å²) in [6, 6.07) is 0.330. The fourth-order valence-electron chi connectivity index (χ4n) is 3.60. The number of rotatable bonds is 7. The predicted octanol–water partition coefficient (Wildman–Crippen LogP) is 3.09. The summed E-state index contributed by atoms with van der Waals surface area (Å²) in [5.74, 6) is 2.72. The van der Waals surface area contributed by atoms with Gasteiger partial charge in [0.1, 0.15) is 0 Å². The SMILES string of the molecule is CCNC(=NCCCSC)NC1CCN(C(=O)C2CCCCC2)C1.I. The summed E-state index contributed by atoms with van der Waals surface area (Å²) < 4.78 is 0. The van der Waals surface area contributed by atoms with E-state index >= 15 is 0 Å². The summed E-state index contributed by atoms with van der Waals surface area (Å²) in [5.41, 5.74) is 0. The predicted molar refractivity (Wildman–Crippen MR) is 119 cm³/mol. The molecule has 0 aromatic carbocycles. The Morgan fingerprint density at radius 1 is 1.24 bits per heavy atom. The van der Waals surface area contributed by atoms with Crippen LogP contribution in [0.5, 0.6) is 0 Å². The number of nitrogens with one attached hydrogen (secondary N) is 2. The van der Waals surface area contributed by atoms with E-state index in [1.165, 1.54) is 19.3 Å². The van der Waals surface area contributed by atoms with Crippen molar-refractivity contribution in [1.82, 2.24) is 15.5 Å². The lowest BCUT2D eigenvalue weighted by molar-refractivity contribution is -0.135. The monoisotopic (exact) mass is 482 g/mol. The van der Waals surface area contributed by atoms with Crippen molar-refractivity contribution in [1.29, 1.82) is 0 Å². The van der Waals surface area contributed by atoms with E-state index in [0.29, 0.717) is 11.9 Å². The minimum atomic E-state index is 0. The van der Waals surface area contributed by atoms with Gasteiger partial charge in [-0.1, -0.05) is 19.3 Å². The van der Waals surface area contributed by atoms with E-state index in [1.54, 1.807) is 0 Å². The van der Waals surface area contributed by atoms with E-state index in [1.807, 2.05) is 11.8 Å². The molecule has 2 N–H and O–H groups in total. The molecule has 1 aliphatic heterocycles. The van der Waals surface area contributed by atoms with Crippen molar-refractivity contribution in [3.63, 3.8) is 0 Å². The third kappa shape index (κ3) is 7.93. The highest BCUT2D eigenvalue weighted by Crippen LogP contribution is 2.26. The molecule has 5 nitrogen and oxygen atoms in total. The maximum absolute atomic E-state index is 12.7. The third-order valence-corrected chi connectivity index (χ3v) is 5.61. The Morgan fingerprint density at radius 3 is 2.68 bits per heavy atom. The Bertz CT molecular complexity index is 416. The minimum absolute atomic E-state index is 0. The van der Waals surface area contributed by atoms with Crippen LogP contribution in [0, 0.1) is 5.92 Å². The number of carbonyl (C=O) groups is 1. The Hall–Kier alpha value is -0.180. The van der Waals surface area contributed by atoms with Crippen molar-refractivity contribution in [2.75, 3.05) is 38.2 Å². The van der Waals surface area contributed by atoms with Crippen molar-refractivity contribution >= 4 is 47.6 Å². The van der Waals surface area contributed by atoms with Gasteiger partial charge in [-0.15, -0.1) is 24.0 Å². The number of thioether (sulfide) groups is 1. The summed E-state index contributed by atoms with van der Waals surface area (Å²) >= 11 is 1.86. The van der Waals surface area contributed by atoms with Gasteiger partial charge in [-0.2, -0.15) is 11.8 Å². The number of carbonyl (C=O) groups excluding carboxylic acids is 1. The van der Waals surface area contributed by atoms with E-state index in [2.05, 4.69) is 33.7 Å². The lowest BCUT2D eigenvalue weighted by atomic mass is 9.88. The number of amides is 1. The van der Waals surface area contributed by atoms with Crippen LogP contribution in [0.15, 0.2) is 4.99 Å². The zero-order valence-corrected chi connectivity index (χ0v) is 18.9. The number of guanidine groups is 1. The molecule has 2 rings (SSSR count). The highest BCUT2D eigenvalue weighted by molar-refractivity contribution is 14.0. The van der Waals surface area contributed by atoms with Crippen LogP contribution in [-0.4, -0.2) is 61.0 Å². The van der Waals surface area contributed by atoms with Crippen LogP contribution in [0.1, 0.15) is 51.9 Å². The Morgan fingerprint density at radius 2 is 2.00 bits per heavy atom. The second kappa shape index (κ2) is 13.1. The molecule has 1 atom stereocenters. The van der Waals surface area contributed by atoms with Gasteiger partial charge in [0, 0.05) is 38.1 Å². The lowest BCUT2D eigenvalue weighted by Gasteiger charge is -2.26. The first-order valence-electron chi connectivity index (χ1n) is 9.57. The smallest absolute Gasteiger partial charge is 0.225 e. The number of halogens is 1. The molecule has 1 amide bonds. The first-order chi connectivity index (χ1) is 11.7. The molecule has 1 saturated carbocycles. The summed E-state index contributed by atoms with van der Waals surface area (Å²) in [6.07, 6.45) is 10.2. The molecule has 146 valence electrons. The van der Waals surface area contributed by atoms with Crippen LogP contribution >= 0.6 is 35.7 Å². The number of aliphatic imine (C=N–C) groups is 1. The summed E-state index contributed by atoms with van der Waals surface area (Å²) in [5, 5.41) is 6.84. The zero-order valence-electron chi connectivity index (χ0n) is 15.8. The molecule has 1 heterocycles. The summed E-state index contributed by atoms with van der Waals surface area (Å²) in [4.78, 5) is 19.4. The molecule has 0 aromatic rings. The number of nitrogens with zero attached hydrogens (tertiary/aromatic N) is 2. The highest BCUT2D eigenvalue weighted by atomic mass is 127. The second-order valence-corrected chi connectivity index (χ2v) is 7.84. The average Bonchev–Trinajstić information content (AvgIpc) is 3.07. The first-order valence-corrected chi connectivity index (χ1v) is 11.0. The van der Waals surface area contributed by atoms with Crippen LogP contribution < -0.4 is 10.6 Å². The molecular weight excluding hydrogens is 447 g/mol. The van der Waals surface area contributed by atoms with Gasteiger partial charge < -0.3 is 15.5 Å². The fraction of sp³-hybridized carbons (Fsp3) is 0.889. The van der Waals surface area contributed by atoms with Crippen LogP contribution in [0.2, 0.25) is 0 Å². The van der Waals surface area contributed by atoms with Gasteiger partial charge in [0.2, 0.25) is 5.91 Å². The summed E-state index contributed by atoms with van der Waals surface area (Å²) in [6.45, 7) is 5.52. The van der Waals surface area contributed by atoms with Crippen LogP contribution in [-0.2, 0) is 4.79 Å². The topological polar surface area (TPSA) is 56.7 Å². The van der Waals surface area contributed by atoms with Crippen molar-refractivity contribution < 1.29 is 4.79 Å². The molecule has 0 aromatic heterocycles. The standard InChI is InChI=1S/C18H34N4OS.HI/c1-3-19-18(20-11-7-13-24-2)21-16-10-12-22(14-16)17(23)15-8-5-4-6-9-15;/h15-16H,3-14H2,1-2H3,(H2,19,20,21);1H. The summed E-state index contributed by atoms with van der Waals surface area (Å²) in [7, 11) is 0.